The summed E-state index contributed by atoms with van der Waals surface area (Å²) >= 11 is 0. The average Bonchev–Trinajstić information content (AvgIpc) is 2.66. The normalized spacial score (nSPS) is 23.3. The number of carbonyl (C=O) groups excluding carboxylic acids is 1. The van der Waals surface area contributed by atoms with Crippen LogP contribution in [0.2, 0.25) is 0 Å². The highest BCUT2D eigenvalue weighted by Crippen LogP contribution is 2.32. The predicted molar refractivity (Wildman–Crippen MR) is 62.4 cm³/mol. The van der Waals surface area contributed by atoms with Crippen LogP contribution in [-0.4, -0.2) is 45.9 Å². The minimum Gasteiger partial charge on any atom is -0.393 e. The monoisotopic (exact) mass is 238 g/mol. The lowest BCUT2D eigenvalue weighted by atomic mass is 9.89. The summed E-state index contributed by atoms with van der Waals surface area (Å²) in [4.78, 5) is 13.3. The number of carbonyl (C=O) groups is 1. The first-order chi connectivity index (χ1) is 8.02. The molecule has 0 aliphatic heterocycles. The third kappa shape index (κ3) is 2.18. The van der Waals surface area contributed by atoms with Crippen LogP contribution >= 0.6 is 0 Å². The first kappa shape index (κ1) is 12.1. The van der Waals surface area contributed by atoms with Crippen LogP contribution in [0.3, 0.4) is 0 Å². The molecule has 6 nitrogen and oxygen atoms in total. The van der Waals surface area contributed by atoms with Gasteiger partial charge in [0.2, 0.25) is 0 Å². The maximum atomic E-state index is 11.8. The van der Waals surface area contributed by atoms with Gasteiger partial charge in [-0.25, -0.2) is 0 Å². The molecule has 6 heteroatoms. The van der Waals surface area contributed by atoms with Crippen molar-refractivity contribution in [2.75, 3.05) is 14.1 Å². The molecule has 1 fully saturated rings. The summed E-state index contributed by atoms with van der Waals surface area (Å²) < 4.78 is 1.78. The highest BCUT2D eigenvalue weighted by molar-refractivity contribution is 5.92. The summed E-state index contributed by atoms with van der Waals surface area (Å²) in [6.45, 7) is 0.348. The van der Waals surface area contributed by atoms with Gasteiger partial charge in [0.25, 0.3) is 5.91 Å². The predicted octanol–water partition coefficient (Wildman–Crippen LogP) is -0.261. The van der Waals surface area contributed by atoms with Crippen molar-refractivity contribution in [3.63, 3.8) is 0 Å². The molecule has 1 aromatic rings. The highest BCUT2D eigenvalue weighted by Gasteiger charge is 2.31. The van der Waals surface area contributed by atoms with Crippen LogP contribution in [0.25, 0.3) is 0 Å². The molecule has 0 aromatic carbocycles. The van der Waals surface area contributed by atoms with E-state index in [1.165, 1.54) is 4.90 Å². The van der Waals surface area contributed by atoms with Crippen LogP contribution in [0.5, 0.6) is 0 Å². The van der Waals surface area contributed by atoms with Crippen molar-refractivity contribution in [2.45, 2.75) is 31.5 Å². The van der Waals surface area contributed by atoms with Crippen LogP contribution < -0.4 is 5.73 Å². The first-order valence-electron chi connectivity index (χ1n) is 5.71. The van der Waals surface area contributed by atoms with E-state index >= 15 is 0 Å². The molecule has 1 aliphatic carbocycles. The van der Waals surface area contributed by atoms with Crippen molar-refractivity contribution in [3.05, 3.63) is 17.5 Å². The van der Waals surface area contributed by atoms with Gasteiger partial charge in [-0.3, -0.25) is 9.48 Å². The van der Waals surface area contributed by atoms with E-state index in [1.54, 1.807) is 24.8 Å². The summed E-state index contributed by atoms with van der Waals surface area (Å²) in [7, 11) is 3.38. The van der Waals surface area contributed by atoms with Gasteiger partial charge in [-0.1, -0.05) is 0 Å². The molecule has 0 bridgehead atoms. The first-order valence-corrected chi connectivity index (χ1v) is 5.71. The Labute approximate surface area is 100 Å². The molecule has 0 radical (unpaired) electrons. The molecular weight excluding hydrogens is 220 g/mol. The molecule has 1 heterocycles. The Balaban J connectivity index is 2.24. The second-order valence-electron chi connectivity index (χ2n) is 4.65. The van der Waals surface area contributed by atoms with Crippen LogP contribution in [0.1, 0.15) is 35.1 Å². The largest absolute Gasteiger partial charge is 0.393 e. The van der Waals surface area contributed by atoms with Crippen molar-refractivity contribution in [3.8, 4) is 0 Å². The topological polar surface area (TPSA) is 84.4 Å². The summed E-state index contributed by atoms with van der Waals surface area (Å²) in [6.07, 6.45) is 1.12. The van der Waals surface area contributed by atoms with Gasteiger partial charge in [0.1, 0.15) is 0 Å². The number of amides is 1. The number of aliphatic hydroxyl groups excluding tert-OH is 1. The number of hydrogen-bond acceptors (Lipinski definition) is 4. The molecule has 1 saturated carbocycles. The third-order valence-corrected chi connectivity index (χ3v) is 3.08. The number of aliphatic hydroxyl groups is 1. The Morgan fingerprint density at radius 2 is 2.29 bits per heavy atom. The van der Waals surface area contributed by atoms with Crippen molar-refractivity contribution in [1.82, 2.24) is 14.7 Å². The lowest BCUT2D eigenvalue weighted by Crippen LogP contribution is -2.33. The van der Waals surface area contributed by atoms with E-state index in [2.05, 4.69) is 5.10 Å². The second kappa shape index (κ2) is 4.46. The summed E-state index contributed by atoms with van der Waals surface area (Å²) in [5, 5.41) is 13.6. The molecule has 17 heavy (non-hydrogen) atoms. The van der Waals surface area contributed by atoms with E-state index in [0.717, 1.165) is 5.69 Å². The Kier molecular flexibility index (Phi) is 3.17. The van der Waals surface area contributed by atoms with E-state index < -0.39 is 0 Å². The smallest absolute Gasteiger partial charge is 0.273 e. The molecule has 0 atom stereocenters. The van der Waals surface area contributed by atoms with Gasteiger partial charge in [0, 0.05) is 20.6 Å². The molecular formula is C11H18N4O2. The molecule has 2 rings (SSSR count). The standard InChI is InChI=1S/C11H18N4O2/c1-14(2)11(17)10-5-8(6-12)15(13-10)7-3-9(16)4-7/h5,7,9,16H,3-4,6,12H2,1-2H3. The minimum absolute atomic E-state index is 0.127. The fourth-order valence-corrected chi connectivity index (χ4v) is 1.99. The van der Waals surface area contributed by atoms with Crippen molar-refractivity contribution < 1.29 is 9.90 Å². The van der Waals surface area contributed by atoms with Crippen LogP contribution in [0, 0.1) is 0 Å². The summed E-state index contributed by atoms with van der Waals surface area (Å²) in [6, 6.07) is 1.90. The highest BCUT2D eigenvalue weighted by atomic mass is 16.3. The molecule has 0 spiro atoms. The van der Waals surface area contributed by atoms with Crippen LogP contribution in [-0.2, 0) is 6.54 Å². The number of rotatable bonds is 3. The zero-order chi connectivity index (χ0) is 12.6. The van der Waals surface area contributed by atoms with Crippen molar-refractivity contribution >= 4 is 5.91 Å². The van der Waals surface area contributed by atoms with Gasteiger partial charge < -0.3 is 15.7 Å². The fourth-order valence-electron chi connectivity index (χ4n) is 1.99. The van der Waals surface area contributed by atoms with Gasteiger partial charge in [-0.2, -0.15) is 5.10 Å². The van der Waals surface area contributed by atoms with Gasteiger partial charge in [0.05, 0.1) is 17.8 Å². The van der Waals surface area contributed by atoms with Gasteiger partial charge in [-0.05, 0) is 18.9 Å². The third-order valence-electron chi connectivity index (χ3n) is 3.08. The van der Waals surface area contributed by atoms with E-state index in [0.29, 0.717) is 25.1 Å². The van der Waals surface area contributed by atoms with E-state index in [-0.39, 0.29) is 18.1 Å². The number of aromatic nitrogens is 2. The quantitative estimate of drug-likeness (QED) is 0.760. The number of nitrogens with two attached hydrogens (primary N) is 1. The van der Waals surface area contributed by atoms with Gasteiger partial charge in [-0.15, -0.1) is 0 Å². The van der Waals surface area contributed by atoms with E-state index in [1.807, 2.05) is 0 Å². The Morgan fingerprint density at radius 3 is 2.76 bits per heavy atom. The molecule has 0 unspecified atom stereocenters. The number of nitrogens with zero attached hydrogens (tertiary/aromatic N) is 3. The molecule has 94 valence electrons. The number of hydrogen-bond donors (Lipinski definition) is 2. The maximum absolute atomic E-state index is 11.8. The lowest BCUT2D eigenvalue weighted by Gasteiger charge is -2.32. The van der Waals surface area contributed by atoms with Gasteiger partial charge in [0.15, 0.2) is 5.69 Å². The van der Waals surface area contributed by atoms with E-state index in [4.69, 9.17) is 5.73 Å². The molecule has 0 saturated heterocycles. The summed E-state index contributed by atoms with van der Waals surface area (Å²) in [5.74, 6) is -0.127. The average molecular weight is 238 g/mol. The second-order valence-corrected chi connectivity index (χ2v) is 4.65. The maximum Gasteiger partial charge on any atom is 0.273 e. The fraction of sp³-hybridized carbons (Fsp3) is 0.636. The molecule has 1 aromatic heterocycles. The summed E-state index contributed by atoms with van der Waals surface area (Å²) in [5.41, 5.74) is 6.90. The SMILES string of the molecule is CN(C)C(=O)c1cc(CN)n(C2CC(O)C2)n1. The van der Waals surface area contributed by atoms with Gasteiger partial charge >= 0.3 is 0 Å². The van der Waals surface area contributed by atoms with Crippen LogP contribution in [0.15, 0.2) is 6.07 Å². The molecule has 1 amide bonds. The Hall–Kier alpha value is -1.40. The van der Waals surface area contributed by atoms with Crippen LogP contribution in [0.4, 0.5) is 0 Å². The zero-order valence-electron chi connectivity index (χ0n) is 10.1. The van der Waals surface area contributed by atoms with Crippen molar-refractivity contribution in [2.24, 2.45) is 5.73 Å². The Bertz CT molecular complexity index is 421. The van der Waals surface area contributed by atoms with Crippen molar-refractivity contribution in [1.29, 1.82) is 0 Å². The Morgan fingerprint density at radius 1 is 1.65 bits per heavy atom. The minimum atomic E-state index is -0.247. The molecule has 1 aliphatic rings. The van der Waals surface area contributed by atoms with E-state index in [9.17, 15) is 9.90 Å². The molecule has 3 N–H and O–H groups in total. The zero-order valence-corrected chi connectivity index (χ0v) is 10.1. The lowest BCUT2D eigenvalue weighted by molar-refractivity contribution is 0.0420.